The molecule has 1 aromatic rings. The fraction of sp³-hybridized carbons (Fsp3) is 0.583. The fourth-order valence-corrected chi connectivity index (χ4v) is 2.96. The molecule has 0 atom stereocenters. The first-order chi connectivity index (χ1) is 9.10. The number of nitrogens with two attached hydrogens (primary N) is 1. The van der Waals surface area contributed by atoms with E-state index < -0.39 is 10.0 Å². The number of aromatic nitrogens is 1. The highest BCUT2D eigenvalue weighted by Gasteiger charge is 2.30. The van der Waals surface area contributed by atoms with Crippen LogP contribution in [0.3, 0.4) is 0 Å². The zero-order chi connectivity index (χ0) is 15.1. The molecule has 112 valence electrons. The SMILES string of the molecule is Cn1cc(S(N)(=O)=O)cc1C(=O)N1CCNC(C)(C)C1. The van der Waals surface area contributed by atoms with Gasteiger partial charge in [-0.2, -0.15) is 0 Å². The molecule has 20 heavy (non-hydrogen) atoms. The molecule has 3 N–H and O–H groups in total. The Labute approximate surface area is 118 Å². The number of sulfonamides is 1. The lowest BCUT2D eigenvalue weighted by molar-refractivity contribution is 0.0642. The standard InChI is InChI=1S/C12H20N4O3S/c1-12(2)8-16(5-4-14-12)11(17)10-6-9(7-15(10)3)20(13,18)19/h6-7,14H,4-5,8H2,1-3H3,(H2,13,18,19). The van der Waals surface area contributed by atoms with Gasteiger partial charge in [0, 0.05) is 38.4 Å². The summed E-state index contributed by atoms with van der Waals surface area (Å²) in [5.41, 5.74) is 0.175. The fourth-order valence-electron chi connectivity index (χ4n) is 2.38. The predicted octanol–water partition coefficient (Wildman–Crippen LogP) is -0.503. The highest BCUT2D eigenvalue weighted by Crippen LogP contribution is 2.17. The summed E-state index contributed by atoms with van der Waals surface area (Å²) >= 11 is 0. The van der Waals surface area contributed by atoms with E-state index >= 15 is 0 Å². The molecule has 1 amide bonds. The van der Waals surface area contributed by atoms with Crippen LogP contribution in [-0.2, 0) is 17.1 Å². The van der Waals surface area contributed by atoms with Gasteiger partial charge in [0.2, 0.25) is 10.0 Å². The smallest absolute Gasteiger partial charge is 0.270 e. The Morgan fingerprint density at radius 2 is 2.10 bits per heavy atom. The average Bonchev–Trinajstić information content (AvgIpc) is 2.69. The summed E-state index contributed by atoms with van der Waals surface area (Å²) in [5, 5.41) is 8.41. The van der Waals surface area contributed by atoms with E-state index in [1.54, 1.807) is 11.9 Å². The highest BCUT2D eigenvalue weighted by molar-refractivity contribution is 7.89. The summed E-state index contributed by atoms with van der Waals surface area (Å²) < 4.78 is 24.2. The summed E-state index contributed by atoms with van der Waals surface area (Å²) in [5.74, 6) is -0.183. The van der Waals surface area contributed by atoms with Crippen molar-refractivity contribution in [2.24, 2.45) is 12.2 Å². The van der Waals surface area contributed by atoms with E-state index in [-0.39, 0.29) is 16.3 Å². The topological polar surface area (TPSA) is 97.4 Å². The molecule has 2 rings (SSSR count). The summed E-state index contributed by atoms with van der Waals surface area (Å²) in [6.45, 7) is 5.92. The van der Waals surface area contributed by atoms with Crippen LogP contribution in [0, 0.1) is 0 Å². The van der Waals surface area contributed by atoms with Gasteiger partial charge < -0.3 is 14.8 Å². The van der Waals surface area contributed by atoms with Gasteiger partial charge in [0.25, 0.3) is 5.91 Å². The van der Waals surface area contributed by atoms with Crippen molar-refractivity contribution in [3.8, 4) is 0 Å². The molecule has 7 nitrogen and oxygen atoms in total. The Kier molecular flexibility index (Phi) is 3.66. The van der Waals surface area contributed by atoms with Gasteiger partial charge in [0.05, 0.1) is 0 Å². The number of primary sulfonamides is 1. The van der Waals surface area contributed by atoms with E-state index in [2.05, 4.69) is 5.32 Å². The lowest BCUT2D eigenvalue weighted by Gasteiger charge is -2.39. The summed E-state index contributed by atoms with van der Waals surface area (Å²) in [4.78, 5) is 14.2. The molecule has 0 aliphatic carbocycles. The number of nitrogens with zero attached hydrogens (tertiary/aromatic N) is 2. The number of nitrogens with one attached hydrogen (secondary N) is 1. The van der Waals surface area contributed by atoms with Crippen molar-refractivity contribution in [3.63, 3.8) is 0 Å². The van der Waals surface area contributed by atoms with Gasteiger partial charge in [-0.25, -0.2) is 13.6 Å². The number of piperazine rings is 1. The van der Waals surface area contributed by atoms with Crippen molar-refractivity contribution in [1.82, 2.24) is 14.8 Å². The second-order valence-corrected chi connectivity index (χ2v) is 7.32. The first-order valence-electron chi connectivity index (χ1n) is 6.34. The Hall–Kier alpha value is -1.38. The van der Waals surface area contributed by atoms with E-state index in [0.717, 1.165) is 0 Å². The van der Waals surface area contributed by atoms with Crippen LogP contribution in [0.25, 0.3) is 0 Å². The summed E-state index contributed by atoms with van der Waals surface area (Å²) in [6.07, 6.45) is 1.36. The molecule has 1 saturated heterocycles. The molecule has 2 heterocycles. The number of aryl methyl sites for hydroxylation is 1. The minimum Gasteiger partial charge on any atom is -0.345 e. The molecule has 0 radical (unpaired) electrons. The molecule has 1 fully saturated rings. The van der Waals surface area contributed by atoms with E-state index in [0.29, 0.717) is 25.3 Å². The molecule has 1 aromatic heterocycles. The zero-order valence-corrected chi connectivity index (χ0v) is 12.7. The number of hydrogen-bond donors (Lipinski definition) is 2. The first kappa shape index (κ1) is 15.0. The Morgan fingerprint density at radius 3 is 2.60 bits per heavy atom. The number of carbonyl (C=O) groups is 1. The molecule has 0 unspecified atom stereocenters. The van der Waals surface area contributed by atoms with Gasteiger partial charge in [-0.05, 0) is 19.9 Å². The van der Waals surface area contributed by atoms with Crippen molar-refractivity contribution in [1.29, 1.82) is 0 Å². The van der Waals surface area contributed by atoms with Crippen LogP contribution in [0.5, 0.6) is 0 Å². The van der Waals surface area contributed by atoms with Crippen molar-refractivity contribution < 1.29 is 13.2 Å². The van der Waals surface area contributed by atoms with E-state index in [4.69, 9.17) is 5.14 Å². The Bertz CT molecular complexity index is 633. The predicted molar refractivity (Wildman–Crippen MR) is 74.8 cm³/mol. The molecule has 0 saturated carbocycles. The molecular formula is C12H20N4O3S. The van der Waals surface area contributed by atoms with Crippen molar-refractivity contribution in [2.75, 3.05) is 19.6 Å². The lowest BCUT2D eigenvalue weighted by Crippen LogP contribution is -2.58. The minimum atomic E-state index is -3.80. The summed E-state index contributed by atoms with van der Waals surface area (Å²) in [6, 6.07) is 1.33. The van der Waals surface area contributed by atoms with Crippen molar-refractivity contribution in [3.05, 3.63) is 18.0 Å². The van der Waals surface area contributed by atoms with Gasteiger partial charge in [-0.3, -0.25) is 4.79 Å². The van der Waals surface area contributed by atoms with Crippen LogP contribution in [0.1, 0.15) is 24.3 Å². The largest absolute Gasteiger partial charge is 0.345 e. The molecule has 0 bridgehead atoms. The Balaban J connectivity index is 2.28. The average molecular weight is 300 g/mol. The van der Waals surface area contributed by atoms with Gasteiger partial charge in [-0.15, -0.1) is 0 Å². The van der Waals surface area contributed by atoms with Crippen LogP contribution in [0.4, 0.5) is 0 Å². The molecule has 0 spiro atoms. The normalized spacial score (nSPS) is 19.1. The molecule has 1 aliphatic rings. The molecular weight excluding hydrogens is 280 g/mol. The quantitative estimate of drug-likeness (QED) is 0.769. The summed E-state index contributed by atoms with van der Waals surface area (Å²) in [7, 11) is -2.16. The van der Waals surface area contributed by atoms with Gasteiger partial charge in [0.1, 0.15) is 10.6 Å². The van der Waals surface area contributed by atoms with Crippen LogP contribution in [-0.4, -0.2) is 49.0 Å². The maximum atomic E-state index is 12.5. The maximum absolute atomic E-state index is 12.5. The Morgan fingerprint density at radius 1 is 1.45 bits per heavy atom. The molecule has 0 aromatic carbocycles. The zero-order valence-electron chi connectivity index (χ0n) is 11.9. The van der Waals surface area contributed by atoms with E-state index in [1.165, 1.54) is 16.8 Å². The number of hydrogen-bond acceptors (Lipinski definition) is 4. The molecule has 8 heteroatoms. The third kappa shape index (κ3) is 3.02. The van der Waals surface area contributed by atoms with Crippen LogP contribution in [0.2, 0.25) is 0 Å². The number of rotatable bonds is 2. The monoisotopic (exact) mass is 300 g/mol. The maximum Gasteiger partial charge on any atom is 0.270 e. The van der Waals surface area contributed by atoms with Gasteiger partial charge in [0.15, 0.2) is 0 Å². The third-order valence-corrected chi connectivity index (χ3v) is 4.27. The number of amides is 1. The number of carbonyl (C=O) groups excluding carboxylic acids is 1. The van der Waals surface area contributed by atoms with E-state index in [1.807, 2.05) is 13.8 Å². The second-order valence-electron chi connectivity index (χ2n) is 5.75. The second kappa shape index (κ2) is 4.87. The van der Waals surface area contributed by atoms with Crippen LogP contribution in [0.15, 0.2) is 17.2 Å². The minimum absolute atomic E-state index is 0.0438. The third-order valence-electron chi connectivity index (χ3n) is 3.39. The van der Waals surface area contributed by atoms with Gasteiger partial charge >= 0.3 is 0 Å². The van der Waals surface area contributed by atoms with E-state index in [9.17, 15) is 13.2 Å². The van der Waals surface area contributed by atoms with Crippen LogP contribution >= 0.6 is 0 Å². The van der Waals surface area contributed by atoms with Gasteiger partial charge in [-0.1, -0.05) is 0 Å². The molecule has 1 aliphatic heterocycles. The van der Waals surface area contributed by atoms with Crippen molar-refractivity contribution in [2.45, 2.75) is 24.3 Å². The highest BCUT2D eigenvalue weighted by atomic mass is 32.2. The van der Waals surface area contributed by atoms with Crippen LogP contribution < -0.4 is 10.5 Å². The lowest BCUT2D eigenvalue weighted by atomic mass is 10.0. The first-order valence-corrected chi connectivity index (χ1v) is 7.88. The van der Waals surface area contributed by atoms with Crippen molar-refractivity contribution >= 4 is 15.9 Å².